The number of nitro groups is 1. The van der Waals surface area contributed by atoms with Crippen LogP contribution >= 0.6 is 35.3 Å². The third-order valence-electron chi connectivity index (χ3n) is 3.88. The Labute approximate surface area is 167 Å². The molecule has 11 heteroatoms. The topological polar surface area (TPSA) is 69.4 Å². The molecule has 0 bridgehead atoms. The van der Waals surface area contributed by atoms with E-state index in [1.807, 2.05) is 0 Å². The van der Waals surface area contributed by atoms with Crippen LogP contribution in [-0.4, -0.2) is 51.2 Å². The molecular formula is C16H18F3NO4S3. The first-order valence-electron chi connectivity index (χ1n) is 7.95. The molecule has 150 valence electrons. The van der Waals surface area contributed by atoms with Gasteiger partial charge in [0, 0.05) is 4.92 Å². The first-order chi connectivity index (χ1) is 12.7. The van der Waals surface area contributed by atoms with Gasteiger partial charge in [-0.05, 0) is 35.6 Å². The summed E-state index contributed by atoms with van der Waals surface area (Å²) >= 11 is 2.62. The van der Waals surface area contributed by atoms with E-state index in [4.69, 9.17) is 4.74 Å². The predicted molar refractivity (Wildman–Crippen MR) is 103 cm³/mol. The van der Waals surface area contributed by atoms with E-state index in [1.54, 1.807) is 24.3 Å². The molecule has 0 amide bonds. The average Bonchev–Trinajstić information content (AvgIpc) is 2.64. The summed E-state index contributed by atoms with van der Waals surface area (Å²) in [4.78, 5) is 23.6. The summed E-state index contributed by atoms with van der Waals surface area (Å²) in [5, 5.41) is 10.6. The van der Waals surface area contributed by atoms with Gasteiger partial charge >= 0.3 is 6.18 Å². The van der Waals surface area contributed by atoms with Crippen molar-refractivity contribution in [2.45, 2.75) is 22.6 Å². The van der Waals surface area contributed by atoms with Gasteiger partial charge in [-0.15, -0.1) is 23.5 Å². The van der Waals surface area contributed by atoms with Crippen LogP contribution in [0.1, 0.15) is 17.9 Å². The van der Waals surface area contributed by atoms with E-state index in [9.17, 15) is 28.1 Å². The Morgan fingerprint density at radius 3 is 2.41 bits per heavy atom. The number of hydrogen-bond acceptors (Lipinski definition) is 7. The van der Waals surface area contributed by atoms with Crippen LogP contribution in [0.5, 0.6) is 5.75 Å². The predicted octanol–water partition coefficient (Wildman–Crippen LogP) is 4.44. The van der Waals surface area contributed by atoms with Gasteiger partial charge in [-0.3, -0.25) is 14.9 Å². The van der Waals surface area contributed by atoms with Crippen LogP contribution in [0.15, 0.2) is 24.3 Å². The van der Waals surface area contributed by atoms with Gasteiger partial charge in [0.15, 0.2) is 0 Å². The van der Waals surface area contributed by atoms with Crippen molar-refractivity contribution in [2.75, 3.05) is 30.9 Å². The standard InChI is InChI=1S/C16H18F3NO4S3/c1-24-12-5-3-11(4-6-12)13(9-20(22)23)16(26-7-2-8-27-16)14(21)25-10-15(17,18)19/h3-6,13H,2,7-10H2,1H3/t13-/m1/s1. The van der Waals surface area contributed by atoms with E-state index in [0.717, 1.165) is 6.42 Å². The molecule has 2 rings (SSSR count). The lowest BCUT2D eigenvalue weighted by atomic mass is 9.95. The van der Waals surface area contributed by atoms with Crippen molar-refractivity contribution in [3.05, 3.63) is 39.9 Å². The van der Waals surface area contributed by atoms with Crippen molar-refractivity contribution in [3.63, 3.8) is 0 Å². The number of benzene rings is 1. The minimum absolute atomic E-state index is 0.194. The fourth-order valence-electron chi connectivity index (χ4n) is 2.69. The number of hydrogen-bond donors (Lipinski definition) is 0. The van der Waals surface area contributed by atoms with Crippen molar-refractivity contribution in [1.29, 1.82) is 0 Å². The SMILES string of the molecule is COc1ccc([C@@H](C[N+](=O)[O-])C2(C(=O)SCC(F)(F)F)SCCCS2)cc1. The van der Waals surface area contributed by atoms with Gasteiger partial charge < -0.3 is 4.74 Å². The maximum absolute atomic E-state index is 12.9. The smallest absolute Gasteiger partial charge is 0.398 e. The molecule has 0 N–H and O–H groups in total. The van der Waals surface area contributed by atoms with Gasteiger partial charge in [0.1, 0.15) is 9.83 Å². The summed E-state index contributed by atoms with van der Waals surface area (Å²) in [6.45, 7) is -0.537. The number of rotatable bonds is 7. The molecule has 1 aromatic carbocycles. The molecule has 1 saturated heterocycles. The van der Waals surface area contributed by atoms with Crippen LogP contribution < -0.4 is 4.74 Å². The van der Waals surface area contributed by atoms with E-state index in [1.165, 1.54) is 30.6 Å². The average molecular weight is 442 g/mol. The summed E-state index contributed by atoms with van der Waals surface area (Å²) in [5.41, 5.74) is 0.537. The lowest BCUT2D eigenvalue weighted by Gasteiger charge is -2.39. The Bertz CT molecular complexity index is 664. The Morgan fingerprint density at radius 2 is 1.93 bits per heavy atom. The third-order valence-corrected chi connectivity index (χ3v) is 8.69. The Balaban J connectivity index is 2.40. The molecule has 1 aliphatic heterocycles. The Morgan fingerprint density at radius 1 is 1.33 bits per heavy atom. The highest BCUT2D eigenvalue weighted by Crippen LogP contribution is 2.54. The van der Waals surface area contributed by atoms with Crippen LogP contribution in [-0.2, 0) is 4.79 Å². The quantitative estimate of drug-likeness (QED) is 0.458. The van der Waals surface area contributed by atoms with E-state index < -0.39 is 38.5 Å². The molecule has 0 radical (unpaired) electrons. The molecule has 0 aromatic heterocycles. The molecule has 0 unspecified atom stereocenters. The zero-order chi connectivity index (χ0) is 20.1. The number of carbonyl (C=O) groups excluding carboxylic acids is 1. The molecule has 0 saturated carbocycles. The number of nitrogens with zero attached hydrogens (tertiary/aromatic N) is 1. The van der Waals surface area contributed by atoms with Gasteiger partial charge in [-0.25, -0.2) is 0 Å². The molecule has 1 fully saturated rings. The Kier molecular flexibility index (Phi) is 7.75. The van der Waals surface area contributed by atoms with E-state index in [-0.39, 0.29) is 11.8 Å². The molecule has 27 heavy (non-hydrogen) atoms. The lowest BCUT2D eigenvalue weighted by molar-refractivity contribution is -0.483. The highest BCUT2D eigenvalue weighted by molar-refractivity contribution is 8.25. The summed E-state index contributed by atoms with van der Waals surface area (Å²) in [7, 11) is 1.48. The van der Waals surface area contributed by atoms with Crippen molar-refractivity contribution < 1.29 is 27.6 Å². The zero-order valence-corrected chi connectivity index (χ0v) is 16.8. The van der Waals surface area contributed by atoms with Gasteiger partial charge in [0.2, 0.25) is 11.7 Å². The first kappa shape index (κ1) is 22.2. The second kappa shape index (κ2) is 9.42. The second-order valence-corrected chi connectivity index (χ2v) is 9.64. The van der Waals surface area contributed by atoms with Gasteiger partial charge in [0.25, 0.3) is 0 Å². The van der Waals surface area contributed by atoms with Crippen LogP contribution in [0.2, 0.25) is 0 Å². The van der Waals surface area contributed by atoms with Gasteiger partial charge in [-0.2, -0.15) is 13.2 Å². The highest BCUT2D eigenvalue weighted by atomic mass is 32.2. The van der Waals surface area contributed by atoms with Crippen LogP contribution in [0.4, 0.5) is 13.2 Å². The van der Waals surface area contributed by atoms with Gasteiger partial charge in [0.05, 0.1) is 18.8 Å². The third kappa shape index (κ3) is 5.95. The van der Waals surface area contributed by atoms with Crippen LogP contribution in [0.25, 0.3) is 0 Å². The van der Waals surface area contributed by atoms with Crippen molar-refractivity contribution in [1.82, 2.24) is 0 Å². The lowest BCUT2D eigenvalue weighted by Crippen LogP contribution is -2.43. The molecular weight excluding hydrogens is 423 g/mol. The normalized spacial score (nSPS) is 17.9. The molecule has 0 aliphatic carbocycles. The summed E-state index contributed by atoms with van der Waals surface area (Å²) in [6.07, 6.45) is -3.69. The number of thioether (sulfide) groups is 3. The molecule has 1 atom stereocenters. The zero-order valence-electron chi connectivity index (χ0n) is 14.4. The highest BCUT2D eigenvalue weighted by Gasteiger charge is 2.51. The summed E-state index contributed by atoms with van der Waals surface area (Å²) in [5.74, 6) is -0.468. The number of halogens is 3. The van der Waals surface area contributed by atoms with E-state index in [0.29, 0.717) is 22.8 Å². The molecule has 0 spiro atoms. The number of carbonyl (C=O) groups is 1. The monoisotopic (exact) mass is 441 g/mol. The van der Waals surface area contributed by atoms with Crippen LogP contribution in [0, 0.1) is 10.1 Å². The largest absolute Gasteiger partial charge is 0.497 e. The minimum atomic E-state index is -4.48. The molecule has 5 nitrogen and oxygen atoms in total. The summed E-state index contributed by atoms with van der Waals surface area (Å²) in [6, 6.07) is 6.52. The van der Waals surface area contributed by atoms with Crippen molar-refractivity contribution in [3.8, 4) is 5.75 Å². The fourth-order valence-corrected chi connectivity index (χ4v) is 7.29. The fraction of sp³-hybridized carbons (Fsp3) is 0.562. The Hall–Kier alpha value is -1.07. The summed E-state index contributed by atoms with van der Waals surface area (Å²) < 4.78 is 41.6. The van der Waals surface area contributed by atoms with E-state index in [2.05, 4.69) is 0 Å². The minimum Gasteiger partial charge on any atom is -0.497 e. The number of alkyl halides is 3. The molecule has 1 aromatic rings. The molecule has 1 heterocycles. The van der Waals surface area contributed by atoms with Gasteiger partial charge in [-0.1, -0.05) is 23.9 Å². The van der Waals surface area contributed by atoms with Crippen molar-refractivity contribution in [2.24, 2.45) is 0 Å². The number of ether oxygens (including phenoxy) is 1. The van der Waals surface area contributed by atoms with E-state index >= 15 is 0 Å². The second-order valence-electron chi connectivity index (χ2n) is 5.75. The number of methoxy groups -OCH3 is 1. The first-order valence-corrected chi connectivity index (χ1v) is 10.9. The molecule has 1 aliphatic rings. The van der Waals surface area contributed by atoms with Crippen LogP contribution in [0.3, 0.4) is 0 Å². The maximum atomic E-state index is 12.9. The van der Waals surface area contributed by atoms with Crippen molar-refractivity contribution >= 4 is 40.4 Å². The maximum Gasteiger partial charge on any atom is 0.398 e.